The van der Waals surface area contributed by atoms with Gasteiger partial charge in [-0.05, 0) is 19.4 Å². The summed E-state index contributed by atoms with van der Waals surface area (Å²) in [6, 6.07) is 0.548. The number of hydrogen-bond acceptors (Lipinski definition) is 5. The Bertz CT molecular complexity index is 242. The number of carbonyl (C=O) groups is 1. The van der Waals surface area contributed by atoms with Gasteiger partial charge in [0.2, 0.25) is 0 Å². The quantitative estimate of drug-likeness (QED) is 0.642. The fourth-order valence-electron chi connectivity index (χ4n) is 2.36. The molecule has 1 heterocycles. The van der Waals surface area contributed by atoms with E-state index in [0.29, 0.717) is 12.6 Å². The second kappa shape index (κ2) is 8.45. The number of nitrogens with one attached hydrogen (secondary N) is 1. The Morgan fingerprint density at radius 1 is 1.50 bits per heavy atom. The smallest absolute Gasteiger partial charge is 0.309 e. The molecule has 0 aromatic carbocycles. The van der Waals surface area contributed by atoms with Crippen LogP contribution in [0, 0.1) is 5.92 Å². The lowest BCUT2D eigenvalue weighted by atomic mass is 10.1. The normalized spacial score (nSPS) is 21.2. The summed E-state index contributed by atoms with van der Waals surface area (Å²) >= 11 is 0. The van der Waals surface area contributed by atoms with Gasteiger partial charge in [-0.25, -0.2) is 0 Å². The number of ether oxygens (including phenoxy) is 2. The first kappa shape index (κ1) is 15.4. The summed E-state index contributed by atoms with van der Waals surface area (Å²) in [5, 5.41) is 3.48. The van der Waals surface area contributed by atoms with Gasteiger partial charge in [0.15, 0.2) is 0 Å². The van der Waals surface area contributed by atoms with E-state index in [1.165, 1.54) is 20.0 Å². The van der Waals surface area contributed by atoms with Crippen LogP contribution >= 0.6 is 0 Å². The van der Waals surface area contributed by atoms with E-state index in [4.69, 9.17) is 9.47 Å². The first-order valence-corrected chi connectivity index (χ1v) is 6.70. The molecule has 2 unspecified atom stereocenters. The lowest BCUT2D eigenvalue weighted by Crippen LogP contribution is -2.42. The second-order valence-corrected chi connectivity index (χ2v) is 4.97. The fourth-order valence-corrected chi connectivity index (χ4v) is 2.36. The van der Waals surface area contributed by atoms with Crippen molar-refractivity contribution < 1.29 is 14.3 Å². The molecule has 1 aliphatic heterocycles. The zero-order valence-electron chi connectivity index (χ0n) is 11.8. The van der Waals surface area contributed by atoms with Gasteiger partial charge in [0.25, 0.3) is 0 Å². The Hall–Kier alpha value is -0.650. The van der Waals surface area contributed by atoms with Crippen molar-refractivity contribution in [3.63, 3.8) is 0 Å². The van der Waals surface area contributed by atoms with Crippen LogP contribution in [0.25, 0.3) is 0 Å². The maximum absolute atomic E-state index is 11.5. The van der Waals surface area contributed by atoms with Crippen molar-refractivity contribution >= 4 is 5.97 Å². The highest BCUT2D eigenvalue weighted by Crippen LogP contribution is 2.09. The van der Waals surface area contributed by atoms with Gasteiger partial charge in [-0.15, -0.1) is 0 Å². The average molecular weight is 258 g/mol. The number of hydrogen-bond donors (Lipinski definition) is 1. The van der Waals surface area contributed by atoms with Crippen molar-refractivity contribution in [2.75, 3.05) is 47.0 Å². The monoisotopic (exact) mass is 258 g/mol. The van der Waals surface area contributed by atoms with Crippen molar-refractivity contribution in [2.45, 2.75) is 25.8 Å². The van der Waals surface area contributed by atoms with E-state index in [9.17, 15) is 4.79 Å². The Balaban J connectivity index is 2.40. The topological polar surface area (TPSA) is 50.8 Å². The largest absolute Gasteiger partial charge is 0.469 e. The van der Waals surface area contributed by atoms with Crippen LogP contribution in [0.2, 0.25) is 0 Å². The van der Waals surface area contributed by atoms with Crippen LogP contribution in [0.5, 0.6) is 0 Å². The van der Waals surface area contributed by atoms with E-state index in [2.05, 4.69) is 10.2 Å². The molecule has 0 aromatic heterocycles. The zero-order chi connectivity index (χ0) is 13.4. The highest BCUT2D eigenvalue weighted by atomic mass is 16.5. The molecule has 1 saturated heterocycles. The average Bonchev–Trinajstić information content (AvgIpc) is 2.87. The Morgan fingerprint density at radius 2 is 2.28 bits per heavy atom. The molecule has 0 aromatic rings. The van der Waals surface area contributed by atoms with Gasteiger partial charge in [-0.3, -0.25) is 9.69 Å². The van der Waals surface area contributed by atoms with Crippen LogP contribution in [0.3, 0.4) is 0 Å². The molecule has 2 atom stereocenters. The Labute approximate surface area is 110 Å². The number of nitrogens with zero attached hydrogens (tertiary/aromatic N) is 1. The van der Waals surface area contributed by atoms with Crippen molar-refractivity contribution in [1.82, 2.24) is 10.2 Å². The van der Waals surface area contributed by atoms with E-state index < -0.39 is 0 Å². The highest BCUT2D eigenvalue weighted by Gasteiger charge is 2.21. The van der Waals surface area contributed by atoms with Crippen LogP contribution in [0.1, 0.15) is 19.8 Å². The summed E-state index contributed by atoms with van der Waals surface area (Å²) < 4.78 is 9.90. The van der Waals surface area contributed by atoms with Crippen LogP contribution in [0.15, 0.2) is 0 Å². The molecule has 1 rings (SSSR count). The number of rotatable bonds is 8. The lowest BCUT2D eigenvalue weighted by Gasteiger charge is -2.27. The van der Waals surface area contributed by atoms with Crippen LogP contribution < -0.4 is 5.32 Å². The van der Waals surface area contributed by atoms with E-state index in [1.807, 2.05) is 6.92 Å². The van der Waals surface area contributed by atoms with Crippen molar-refractivity contribution in [1.29, 1.82) is 0 Å². The molecule has 5 heteroatoms. The summed E-state index contributed by atoms with van der Waals surface area (Å²) in [5.74, 6) is -0.231. The molecule has 18 heavy (non-hydrogen) atoms. The molecule has 0 saturated carbocycles. The van der Waals surface area contributed by atoms with Gasteiger partial charge >= 0.3 is 5.97 Å². The minimum Gasteiger partial charge on any atom is -0.469 e. The minimum atomic E-state index is -0.142. The van der Waals surface area contributed by atoms with E-state index in [-0.39, 0.29) is 11.9 Å². The van der Waals surface area contributed by atoms with Gasteiger partial charge in [-0.2, -0.15) is 0 Å². The third-order valence-electron chi connectivity index (χ3n) is 3.39. The second-order valence-electron chi connectivity index (χ2n) is 4.97. The third kappa shape index (κ3) is 5.33. The molecule has 0 radical (unpaired) electrons. The van der Waals surface area contributed by atoms with Gasteiger partial charge in [0.05, 0.1) is 19.6 Å². The predicted molar refractivity (Wildman–Crippen MR) is 70.5 cm³/mol. The molecule has 106 valence electrons. The predicted octanol–water partition coefficient (Wildman–Crippen LogP) is 0.496. The molecule has 5 nitrogen and oxygen atoms in total. The molecule has 0 bridgehead atoms. The van der Waals surface area contributed by atoms with E-state index in [0.717, 1.165) is 26.2 Å². The maximum atomic E-state index is 11.5. The molecule has 0 spiro atoms. The third-order valence-corrected chi connectivity index (χ3v) is 3.39. The molecule has 0 aliphatic carbocycles. The fraction of sp³-hybridized carbons (Fsp3) is 0.923. The molecule has 1 N–H and O–H groups in total. The summed E-state index contributed by atoms with van der Waals surface area (Å²) in [6.45, 7) is 6.28. The van der Waals surface area contributed by atoms with Crippen molar-refractivity contribution in [2.24, 2.45) is 5.92 Å². The minimum absolute atomic E-state index is 0.0896. The van der Waals surface area contributed by atoms with Crippen LogP contribution in [-0.4, -0.2) is 63.9 Å². The van der Waals surface area contributed by atoms with Crippen LogP contribution in [0.4, 0.5) is 0 Å². The summed E-state index contributed by atoms with van der Waals surface area (Å²) in [7, 11) is 3.15. The molecular weight excluding hydrogens is 232 g/mol. The molecular formula is C13H26N2O3. The molecule has 0 amide bonds. The van der Waals surface area contributed by atoms with E-state index in [1.54, 1.807) is 7.11 Å². The molecule has 1 fully saturated rings. The first-order valence-electron chi connectivity index (χ1n) is 6.70. The van der Waals surface area contributed by atoms with Crippen LogP contribution in [-0.2, 0) is 14.3 Å². The number of methoxy groups -OCH3 is 2. The van der Waals surface area contributed by atoms with Gasteiger partial charge in [0.1, 0.15) is 0 Å². The van der Waals surface area contributed by atoms with Gasteiger partial charge in [-0.1, -0.05) is 6.92 Å². The highest BCUT2D eigenvalue weighted by molar-refractivity contribution is 5.72. The summed E-state index contributed by atoms with van der Waals surface area (Å²) in [6.07, 6.45) is 2.46. The first-order chi connectivity index (χ1) is 8.67. The zero-order valence-corrected chi connectivity index (χ0v) is 11.8. The van der Waals surface area contributed by atoms with Gasteiger partial charge < -0.3 is 14.8 Å². The Morgan fingerprint density at radius 3 is 2.83 bits per heavy atom. The summed E-state index contributed by atoms with van der Waals surface area (Å²) in [5.41, 5.74) is 0. The van der Waals surface area contributed by atoms with Crippen molar-refractivity contribution in [3.8, 4) is 0 Å². The van der Waals surface area contributed by atoms with Gasteiger partial charge in [0, 0.05) is 32.8 Å². The molecule has 1 aliphatic rings. The summed E-state index contributed by atoms with van der Waals surface area (Å²) in [4.78, 5) is 13.7. The number of esters is 1. The SMILES string of the molecule is COCCN(CC1CCCN1)CC(C)C(=O)OC. The van der Waals surface area contributed by atoms with Crippen molar-refractivity contribution in [3.05, 3.63) is 0 Å². The maximum Gasteiger partial charge on any atom is 0.309 e. The lowest BCUT2D eigenvalue weighted by molar-refractivity contribution is -0.145. The standard InChI is InChI=1S/C13H26N2O3/c1-11(13(16)18-3)9-15(7-8-17-2)10-12-5-4-6-14-12/h11-12,14H,4-10H2,1-3H3. The number of carbonyl (C=O) groups excluding carboxylic acids is 1. The Kier molecular flexibility index (Phi) is 7.23. The van der Waals surface area contributed by atoms with E-state index >= 15 is 0 Å².